The molecule has 1 fully saturated rings. The average Bonchev–Trinajstić information content (AvgIpc) is 2.59. The zero-order chi connectivity index (χ0) is 20.9. The number of aliphatic carboxylic acids is 1. The lowest BCUT2D eigenvalue weighted by atomic mass is 10.1. The molecule has 1 aliphatic rings. The molecule has 0 bridgehead atoms. The lowest BCUT2D eigenvalue weighted by Gasteiger charge is -2.35. The van der Waals surface area contributed by atoms with Crippen LogP contribution >= 0.6 is 0 Å². The number of carboxylic acids is 1. The van der Waals surface area contributed by atoms with E-state index >= 15 is 0 Å². The summed E-state index contributed by atoms with van der Waals surface area (Å²) >= 11 is 0. The molecule has 154 valence electrons. The molecule has 9 nitrogen and oxygen atoms in total. The standard InChI is InChI=1S/C19H25NO8/c1-12(21)28-16(18(23)24)15-17(22)20(9-11-27-15)13-6-4-5-7-14(13)26-10-8-19(2,3)25/h4-7,15-16,25H,8-11H2,1-3H3,(H,23,24)/t15-,16-/m1/s1. The van der Waals surface area contributed by atoms with Crippen LogP contribution in [0.5, 0.6) is 5.75 Å². The number of nitrogens with zero attached hydrogens (tertiary/aromatic N) is 1. The van der Waals surface area contributed by atoms with E-state index in [4.69, 9.17) is 14.2 Å². The Morgan fingerprint density at radius 3 is 2.64 bits per heavy atom. The predicted octanol–water partition coefficient (Wildman–Crippen LogP) is 0.974. The molecule has 0 spiro atoms. The fourth-order valence-electron chi connectivity index (χ4n) is 2.70. The minimum atomic E-state index is -1.74. The van der Waals surface area contributed by atoms with Gasteiger partial charge in [0.05, 0.1) is 24.5 Å². The van der Waals surface area contributed by atoms with E-state index in [2.05, 4.69) is 0 Å². The summed E-state index contributed by atoms with van der Waals surface area (Å²) in [5.41, 5.74) is -0.448. The summed E-state index contributed by atoms with van der Waals surface area (Å²) in [6.45, 7) is 4.88. The number of benzene rings is 1. The van der Waals surface area contributed by atoms with Crippen LogP contribution in [-0.4, -0.2) is 65.6 Å². The number of amides is 1. The summed E-state index contributed by atoms with van der Waals surface area (Å²) in [4.78, 5) is 36.9. The molecule has 0 aliphatic carbocycles. The molecule has 9 heteroatoms. The van der Waals surface area contributed by atoms with Crippen LogP contribution in [0.4, 0.5) is 5.69 Å². The first-order valence-electron chi connectivity index (χ1n) is 8.87. The summed E-state index contributed by atoms with van der Waals surface area (Å²) in [5, 5.41) is 19.1. The Bertz CT molecular complexity index is 727. The Kier molecular flexibility index (Phi) is 6.98. The van der Waals surface area contributed by atoms with Crippen molar-refractivity contribution in [2.24, 2.45) is 0 Å². The molecule has 2 atom stereocenters. The van der Waals surface area contributed by atoms with Gasteiger partial charge in [0.15, 0.2) is 6.10 Å². The summed E-state index contributed by atoms with van der Waals surface area (Å²) in [6.07, 6.45) is -2.81. The van der Waals surface area contributed by atoms with E-state index in [0.717, 1.165) is 6.92 Å². The normalized spacial score (nSPS) is 18.5. The number of ether oxygens (including phenoxy) is 3. The lowest BCUT2D eigenvalue weighted by Crippen LogP contribution is -2.55. The average molecular weight is 395 g/mol. The maximum absolute atomic E-state index is 12.9. The molecule has 1 aromatic rings. The number of hydrogen-bond donors (Lipinski definition) is 2. The topological polar surface area (TPSA) is 123 Å². The maximum Gasteiger partial charge on any atom is 0.348 e. The highest BCUT2D eigenvalue weighted by atomic mass is 16.6. The second kappa shape index (κ2) is 9.03. The van der Waals surface area contributed by atoms with Crippen molar-refractivity contribution >= 4 is 23.5 Å². The summed E-state index contributed by atoms with van der Waals surface area (Å²) in [7, 11) is 0. The summed E-state index contributed by atoms with van der Waals surface area (Å²) in [6, 6.07) is 6.81. The molecule has 0 radical (unpaired) electrons. The van der Waals surface area contributed by atoms with E-state index in [9.17, 15) is 24.6 Å². The Hall–Kier alpha value is -2.65. The second-order valence-corrected chi connectivity index (χ2v) is 7.03. The minimum absolute atomic E-state index is 0.0689. The smallest absolute Gasteiger partial charge is 0.348 e. The van der Waals surface area contributed by atoms with Crippen LogP contribution in [0.15, 0.2) is 24.3 Å². The zero-order valence-corrected chi connectivity index (χ0v) is 16.1. The summed E-state index contributed by atoms with van der Waals surface area (Å²) < 4.78 is 15.8. The van der Waals surface area contributed by atoms with Crippen molar-refractivity contribution in [2.45, 2.75) is 45.0 Å². The monoisotopic (exact) mass is 395 g/mol. The van der Waals surface area contributed by atoms with Crippen molar-refractivity contribution in [3.63, 3.8) is 0 Å². The van der Waals surface area contributed by atoms with E-state index < -0.39 is 35.7 Å². The molecule has 0 saturated carbocycles. The first-order valence-corrected chi connectivity index (χ1v) is 8.87. The largest absolute Gasteiger partial charge is 0.491 e. The van der Waals surface area contributed by atoms with Crippen LogP contribution in [-0.2, 0) is 23.9 Å². The van der Waals surface area contributed by atoms with Gasteiger partial charge in [0.2, 0.25) is 6.10 Å². The zero-order valence-electron chi connectivity index (χ0n) is 16.1. The molecule has 1 aromatic carbocycles. The molecule has 28 heavy (non-hydrogen) atoms. The van der Waals surface area contributed by atoms with E-state index in [1.165, 1.54) is 4.90 Å². The molecular weight excluding hydrogens is 370 g/mol. The highest BCUT2D eigenvalue weighted by Crippen LogP contribution is 2.31. The van der Waals surface area contributed by atoms with Crippen LogP contribution in [0.1, 0.15) is 27.2 Å². The Balaban J connectivity index is 2.22. The molecule has 0 aromatic heterocycles. The van der Waals surface area contributed by atoms with Crippen LogP contribution in [0, 0.1) is 0 Å². The van der Waals surface area contributed by atoms with Crippen molar-refractivity contribution in [1.29, 1.82) is 0 Å². The maximum atomic E-state index is 12.9. The fourth-order valence-corrected chi connectivity index (χ4v) is 2.70. The predicted molar refractivity (Wildman–Crippen MR) is 98.1 cm³/mol. The van der Waals surface area contributed by atoms with Gasteiger partial charge in [-0.05, 0) is 26.0 Å². The van der Waals surface area contributed by atoms with Crippen molar-refractivity contribution in [2.75, 3.05) is 24.7 Å². The van der Waals surface area contributed by atoms with Gasteiger partial charge in [-0.25, -0.2) is 4.79 Å². The number of esters is 1. The second-order valence-electron chi connectivity index (χ2n) is 7.03. The van der Waals surface area contributed by atoms with E-state index in [0.29, 0.717) is 17.9 Å². The summed E-state index contributed by atoms with van der Waals surface area (Å²) in [5.74, 6) is -2.51. The van der Waals surface area contributed by atoms with Crippen LogP contribution < -0.4 is 9.64 Å². The van der Waals surface area contributed by atoms with E-state index in [-0.39, 0.29) is 19.8 Å². The number of aliphatic hydroxyl groups is 1. The van der Waals surface area contributed by atoms with Gasteiger partial charge in [-0.3, -0.25) is 9.59 Å². The molecule has 2 rings (SSSR count). The first kappa shape index (κ1) is 21.6. The third kappa shape index (κ3) is 5.67. The third-order valence-corrected chi connectivity index (χ3v) is 4.06. The van der Waals surface area contributed by atoms with Gasteiger partial charge in [-0.15, -0.1) is 0 Å². The number of carbonyl (C=O) groups excluding carboxylic acids is 2. The fraction of sp³-hybridized carbons (Fsp3) is 0.526. The number of rotatable bonds is 8. The number of carbonyl (C=O) groups is 3. The number of anilines is 1. The van der Waals surface area contributed by atoms with Gasteiger partial charge in [0.25, 0.3) is 5.91 Å². The number of morpholine rings is 1. The Labute approximate surface area is 162 Å². The third-order valence-electron chi connectivity index (χ3n) is 4.06. The quantitative estimate of drug-likeness (QED) is 0.625. The minimum Gasteiger partial charge on any atom is -0.491 e. The van der Waals surface area contributed by atoms with Crippen molar-refractivity contribution in [1.82, 2.24) is 0 Å². The van der Waals surface area contributed by atoms with Crippen molar-refractivity contribution < 1.29 is 38.8 Å². The Morgan fingerprint density at radius 2 is 2.04 bits per heavy atom. The molecule has 1 heterocycles. The highest BCUT2D eigenvalue weighted by molar-refractivity contribution is 6.01. The number of carboxylic acid groups (broad SMARTS) is 1. The SMILES string of the molecule is CC(=O)O[C@@H](C(=O)O)[C@H]1OCCN(c2ccccc2OCCC(C)(C)O)C1=O. The van der Waals surface area contributed by atoms with Gasteiger partial charge < -0.3 is 29.3 Å². The number of para-hydroxylation sites is 2. The van der Waals surface area contributed by atoms with E-state index in [1.807, 2.05) is 0 Å². The molecule has 2 N–H and O–H groups in total. The first-order chi connectivity index (χ1) is 13.1. The van der Waals surface area contributed by atoms with Gasteiger partial charge in [0.1, 0.15) is 5.75 Å². The van der Waals surface area contributed by atoms with Gasteiger partial charge in [0, 0.05) is 19.9 Å². The van der Waals surface area contributed by atoms with Gasteiger partial charge >= 0.3 is 11.9 Å². The van der Waals surface area contributed by atoms with Gasteiger partial charge in [-0.1, -0.05) is 12.1 Å². The van der Waals surface area contributed by atoms with Crippen LogP contribution in [0.2, 0.25) is 0 Å². The Morgan fingerprint density at radius 1 is 1.36 bits per heavy atom. The number of hydrogen-bond acceptors (Lipinski definition) is 7. The van der Waals surface area contributed by atoms with E-state index in [1.54, 1.807) is 38.1 Å². The molecule has 1 aliphatic heterocycles. The lowest BCUT2D eigenvalue weighted by molar-refractivity contribution is -0.177. The molecule has 1 saturated heterocycles. The van der Waals surface area contributed by atoms with Gasteiger partial charge in [-0.2, -0.15) is 0 Å². The van der Waals surface area contributed by atoms with Crippen molar-refractivity contribution in [3.05, 3.63) is 24.3 Å². The highest BCUT2D eigenvalue weighted by Gasteiger charge is 2.43. The molecule has 1 amide bonds. The molecule has 0 unspecified atom stereocenters. The van der Waals surface area contributed by atoms with Crippen LogP contribution in [0.25, 0.3) is 0 Å². The van der Waals surface area contributed by atoms with Crippen LogP contribution in [0.3, 0.4) is 0 Å². The molecular formula is C19H25NO8. The van der Waals surface area contributed by atoms with Crippen molar-refractivity contribution in [3.8, 4) is 5.75 Å².